The fraction of sp³-hybridized carbons (Fsp3) is 1.00. The van der Waals surface area contributed by atoms with Crippen molar-refractivity contribution in [2.45, 2.75) is 24.4 Å². The van der Waals surface area contributed by atoms with Gasteiger partial charge in [0, 0.05) is 7.11 Å². The summed E-state index contributed by atoms with van der Waals surface area (Å²) < 4.78 is 30.3. The Morgan fingerprint density at radius 1 is 1.40 bits per heavy atom. The van der Waals surface area contributed by atoms with E-state index in [9.17, 15) is 14.6 Å². The summed E-state index contributed by atoms with van der Waals surface area (Å²) in [6.45, 7) is 0.202. The van der Waals surface area contributed by atoms with Crippen molar-refractivity contribution in [1.82, 2.24) is 0 Å². The van der Waals surface area contributed by atoms with Gasteiger partial charge in [-0.05, 0) is 0 Å². The molecule has 0 amide bonds. The van der Waals surface area contributed by atoms with Crippen LogP contribution in [-0.4, -0.2) is 49.8 Å². The van der Waals surface area contributed by atoms with E-state index < -0.39 is 32.2 Å². The van der Waals surface area contributed by atoms with Gasteiger partial charge in [0.2, 0.25) is 0 Å². The summed E-state index contributed by atoms with van der Waals surface area (Å²) >= 11 is 0. The van der Waals surface area contributed by atoms with Crippen molar-refractivity contribution in [3.63, 3.8) is 0 Å². The number of ether oxygens (including phenoxy) is 2. The van der Waals surface area contributed by atoms with Crippen LogP contribution in [0.15, 0.2) is 0 Å². The highest BCUT2D eigenvalue weighted by Gasteiger charge is 2.48. The van der Waals surface area contributed by atoms with Crippen molar-refractivity contribution in [1.29, 1.82) is 0 Å². The van der Waals surface area contributed by atoms with Gasteiger partial charge in [0.1, 0.15) is 24.4 Å². The summed E-state index contributed by atoms with van der Waals surface area (Å²) in [6.07, 6.45) is -2.52. The van der Waals surface area contributed by atoms with Crippen LogP contribution in [0.4, 0.5) is 0 Å². The molecule has 2 aliphatic heterocycles. The number of hydrogen-bond acceptors (Lipinski definition) is 7. The first-order valence-electron chi connectivity index (χ1n) is 4.50. The highest BCUT2D eigenvalue weighted by molar-refractivity contribution is 7.45. The molecule has 88 valence electrons. The molecular weight excluding hydrogens is 227 g/mol. The molecule has 7 nitrogen and oxygen atoms in total. The van der Waals surface area contributed by atoms with Crippen LogP contribution in [0.1, 0.15) is 0 Å². The third-order valence-corrected chi connectivity index (χ3v) is 3.45. The maximum atomic E-state index is 11.0. The molecule has 1 N–H and O–H groups in total. The predicted octanol–water partition coefficient (Wildman–Crippen LogP) is -1.36. The zero-order valence-corrected chi connectivity index (χ0v) is 8.96. The molecule has 1 unspecified atom stereocenters. The second-order valence-corrected chi connectivity index (χ2v) is 4.91. The van der Waals surface area contributed by atoms with Gasteiger partial charge in [0.05, 0.1) is 13.2 Å². The van der Waals surface area contributed by atoms with Crippen LogP contribution in [-0.2, 0) is 23.1 Å². The molecule has 2 aliphatic rings. The Bertz CT molecular complexity index is 283. The van der Waals surface area contributed by atoms with Gasteiger partial charge < -0.3 is 28.5 Å². The largest absolute Gasteiger partial charge is 0.756 e. The Morgan fingerprint density at radius 3 is 2.73 bits per heavy atom. The van der Waals surface area contributed by atoms with Gasteiger partial charge in [-0.2, -0.15) is 0 Å². The molecule has 2 saturated heterocycles. The number of phosphoric ester groups is 1. The van der Waals surface area contributed by atoms with Gasteiger partial charge in [0.25, 0.3) is 7.82 Å². The Hall–Kier alpha value is -0.0100. The lowest BCUT2D eigenvalue weighted by Crippen LogP contribution is -2.33. The molecule has 0 saturated carbocycles. The summed E-state index contributed by atoms with van der Waals surface area (Å²) in [4.78, 5) is 11.0. The minimum Gasteiger partial charge on any atom is -0.756 e. The second-order valence-electron chi connectivity index (χ2n) is 3.44. The van der Waals surface area contributed by atoms with Crippen LogP contribution in [0.5, 0.6) is 0 Å². The number of fused-ring (bicyclic) bond motifs is 1. The molecule has 2 heterocycles. The van der Waals surface area contributed by atoms with Gasteiger partial charge >= 0.3 is 0 Å². The van der Waals surface area contributed by atoms with E-state index in [4.69, 9.17) is 14.0 Å². The Kier molecular flexibility index (Phi) is 3.14. The molecule has 0 radical (unpaired) electrons. The van der Waals surface area contributed by atoms with Crippen molar-refractivity contribution >= 4 is 7.82 Å². The summed E-state index contributed by atoms with van der Waals surface area (Å²) in [5.41, 5.74) is 0. The molecule has 0 aliphatic carbocycles. The minimum absolute atomic E-state index is 0.0714. The number of aliphatic hydroxyl groups is 1. The third kappa shape index (κ3) is 2.24. The molecule has 0 aromatic heterocycles. The first-order valence-corrected chi connectivity index (χ1v) is 5.96. The number of aliphatic hydroxyl groups excluding tert-OH is 1. The van der Waals surface area contributed by atoms with Gasteiger partial charge in [-0.25, -0.2) is 0 Å². The molecule has 0 aromatic rings. The minimum atomic E-state index is -4.28. The number of phosphoric acid groups is 1. The zero-order chi connectivity index (χ0) is 11.1. The Labute approximate surface area is 86.5 Å². The Morgan fingerprint density at radius 2 is 2.07 bits per heavy atom. The van der Waals surface area contributed by atoms with E-state index >= 15 is 0 Å². The van der Waals surface area contributed by atoms with Gasteiger partial charge in [-0.3, -0.25) is 4.57 Å². The van der Waals surface area contributed by atoms with Crippen molar-refractivity contribution in [2.24, 2.45) is 0 Å². The second kappa shape index (κ2) is 4.10. The normalized spacial score (nSPS) is 43.9. The lowest BCUT2D eigenvalue weighted by Gasteiger charge is -2.25. The number of hydrogen-bond donors (Lipinski definition) is 1. The molecule has 0 aromatic carbocycles. The maximum absolute atomic E-state index is 11.0. The standard InChI is InChI=1S/C7H13O7P/c1-11-15(9,10)14-5-3-13-6-4(8)2-12-7(5)6/h4-8H,2-3H2,1H3,(H,9,10)/p-1/t4-,5+,6+,7+/m0/s1. The molecule has 2 fully saturated rings. The van der Waals surface area contributed by atoms with Gasteiger partial charge in [-0.15, -0.1) is 0 Å². The molecule has 15 heavy (non-hydrogen) atoms. The summed E-state index contributed by atoms with van der Waals surface area (Å²) in [6, 6.07) is 0. The van der Waals surface area contributed by atoms with Crippen molar-refractivity contribution in [3.05, 3.63) is 0 Å². The van der Waals surface area contributed by atoms with Crippen molar-refractivity contribution in [2.75, 3.05) is 20.3 Å². The van der Waals surface area contributed by atoms with Crippen LogP contribution in [0.25, 0.3) is 0 Å². The zero-order valence-electron chi connectivity index (χ0n) is 8.07. The van der Waals surface area contributed by atoms with Crippen molar-refractivity contribution in [3.8, 4) is 0 Å². The summed E-state index contributed by atoms with van der Waals surface area (Å²) in [7, 11) is -3.26. The quantitative estimate of drug-likeness (QED) is 0.607. The van der Waals surface area contributed by atoms with E-state index in [1.807, 2.05) is 0 Å². The molecule has 8 heteroatoms. The van der Waals surface area contributed by atoms with E-state index in [-0.39, 0.29) is 13.2 Å². The molecule has 5 atom stereocenters. The number of rotatable bonds is 3. The molecule has 2 rings (SSSR count). The van der Waals surface area contributed by atoms with E-state index in [0.29, 0.717) is 0 Å². The lowest BCUT2D eigenvalue weighted by molar-refractivity contribution is -0.229. The van der Waals surface area contributed by atoms with Crippen LogP contribution in [0, 0.1) is 0 Å². The highest BCUT2D eigenvalue weighted by Crippen LogP contribution is 2.42. The predicted molar refractivity (Wildman–Crippen MR) is 45.0 cm³/mol. The van der Waals surface area contributed by atoms with E-state index in [1.54, 1.807) is 0 Å². The monoisotopic (exact) mass is 239 g/mol. The SMILES string of the molecule is COP(=O)([O-])O[C@@H]1CO[C@H]2[C@@H]1OC[C@@H]2O. The molecule has 0 spiro atoms. The van der Waals surface area contributed by atoms with E-state index in [0.717, 1.165) is 7.11 Å². The first kappa shape index (κ1) is 11.5. The van der Waals surface area contributed by atoms with Gasteiger partial charge in [0.15, 0.2) is 0 Å². The fourth-order valence-electron chi connectivity index (χ4n) is 1.74. The van der Waals surface area contributed by atoms with Crippen LogP contribution in [0.2, 0.25) is 0 Å². The van der Waals surface area contributed by atoms with E-state index in [1.165, 1.54) is 0 Å². The van der Waals surface area contributed by atoms with Crippen LogP contribution >= 0.6 is 7.82 Å². The van der Waals surface area contributed by atoms with Crippen LogP contribution in [0.3, 0.4) is 0 Å². The highest BCUT2D eigenvalue weighted by atomic mass is 31.2. The van der Waals surface area contributed by atoms with Crippen LogP contribution < -0.4 is 4.89 Å². The maximum Gasteiger partial charge on any atom is 0.268 e. The molecular formula is C7H12O7P-. The average Bonchev–Trinajstić information content (AvgIpc) is 2.72. The Balaban J connectivity index is 1.98. The van der Waals surface area contributed by atoms with Gasteiger partial charge in [-0.1, -0.05) is 0 Å². The summed E-state index contributed by atoms with van der Waals surface area (Å²) in [5.74, 6) is 0. The summed E-state index contributed by atoms with van der Waals surface area (Å²) in [5, 5.41) is 9.39. The average molecular weight is 239 g/mol. The van der Waals surface area contributed by atoms with E-state index in [2.05, 4.69) is 4.52 Å². The topological polar surface area (TPSA) is 97.3 Å². The first-order chi connectivity index (χ1) is 7.03. The van der Waals surface area contributed by atoms with Crippen molar-refractivity contribution < 1.29 is 33.1 Å². The molecule has 0 bridgehead atoms. The third-order valence-electron chi connectivity index (χ3n) is 2.47. The smallest absolute Gasteiger partial charge is 0.268 e. The lowest BCUT2D eigenvalue weighted by atomic mass is 10.1. The fourth-order valence-corrected chi connectivity index (χ4v) is 2.34.